The Labute approximate surface area is 112 Å². The van der Waals surface area contributed by atoms with Crippen LogP contribution in [0.4, 0.5) is 5.82 Å². The van der Waals surface area contributed by atoms with Crippen molar-refractivity contribution in [1.82, 2.24) is 9.97 Å². The van der Waals surface area contributed by atoms with Crippen molar-refractivity contribution in [3.8, 4) is 0 Å². The van der Waals surface area contributed by atoms with E-state index in [9.17, 15) is 0 Å². The van der Waals surface area contributed by atoms with E-state index in [1.165, 1.54) is 0 Å². The Morgan fingerprint density at radius 1 is 1.71 bits per heavy atom. The standard InChI is InChI=1S/C10H14BrN3/c1-8-4-2-3-5-14(8)10-7-12-9(11)6-13-10/h6-8H,2-5H2,1H3/i1D3,2D2,3D2,4D2,5D2,6D,7D,8D. The molecule has 2 heterocycles. The predicted octanol–water partition coefficient (Wildman–Crippen LogP) is 2.62. The van der Waals surface area contributed by atoms with Crippen LogP contribution in [0.1, 0.15) is 45.2 Å². The van der Waals surface area contributed by atoms with Crippen molar-refractivity contribution in [3.63, 3.8) is 0 Å². The van der Waals surface area contributed by atoms with E-state index in [2.05, 4.69) is 25.9 Å². The minimum Gasteiger partial charge on any atom is -0.353 e. The number of nitrogens with zero attached hydrogens (tertiary/aromatic N) is 3. The molecule has 1 saturated heterocycles. The molecule has 1 aromatic heterocycles. The van der Waals surface area contributed by atoms with Crippen LogP contribution in [0.25, 0.3) is 0 Å². The van der Waals surface area contributed by atoms with E-state index in [1.807, 2.05) is 0 Å². The summed E-state index contributed by atoms with van der Waals surface area (Å²) in [5.74, 6) is -1.08. The molecule has 2 rings (SSSR count). The number of rotatable bonds is 1. The van der Waals surface area contributed by atoms with Gasteiger partial charge in [0.15, 0.2) is 0 Å². The van der Waals surface area contributed by atoms with Crippen LogP contribution in [-0.4, -0.2) is 22.5 Å². The maximum Gasteiger partial charge on any atom is 0.147 e. The number of piperidine rings is 1. The van der Waals surface area contributed by atoms with E-state index in [1.54, 1.807) is 0 Å². The zero-order valence-corrected chi connectivity index (χ0v) is 8.31. The van der Waals surface area contributed by atoms with Gasteiger partial charge in [-0.15, -0.1) is 0 Å². The van der Waals surface area contributed by atoms with Gasteiger partial charge in [0, 0.05) is 27.6 Å². The Morgan fingerprint density at radius 3 is 3.50 bits per heavy atom. The predicted molar refractivity (Wildman–Crippen MR) is 60.4 cm³/mol. The number of halogens is 1. The minimum absolute atomic E-state index is 0.228. The molecule has 1 fully saturated rings. The molecule has 1 aliphatic rings. The molecule has 1 unspecified atom stereocenters. The summed E-state index contributed by atoms with van der Waals surface area (Å²) in [7, 11) is 0. The smallest absolute Gasteiger partial charge is 0.147 e. The molecule has 0 bridgehead atoms. The molecule has 14 heavy (non-hydrogen) atoms. The van der Waals surface area contributed by atoms with E-state index in [-0.39, 0.29) is 9.50 Å². The molecule has 4 heteroatoms. The quantitative estimate of drug-likeness (QED) is 0.785. The Bertz CT molecular complexity index is 807. The van der Waals surface area contributed by atoms with E-state index >= 15 is 0 Å². The van der Waals surface area contributed by atoms with Crippen molar-refractivity contribution in [3.05, 3.63) is 16.9 Å². The molecule has 0 saturated carbocycles. The lowest BCUT2D eigenvalue weighted by Gasteiger charge is -2.34. The van der Waals surface area contributed by atoms with Gasteiger partial charge >= 0.3 is 0 Å². The van der Waals surface area contributed by atoms with Crippen LogP contribution < -0.4 is 4.90 Å². The van der Waals surface area contributed by atoms with Crippen molar-refractivity contribution in [1.29, 1.82) is 0 Å². The fourth-order valence-electron chi connectivity index (χ4n) is 0.793. The maximum absolute atomic E-state index is 8.40. The van der Waals surface area contributed by atoms with Crippen molar-refractivity contribution < 1.29 is 19.2 Å². The van der Waals surface area contributed by atoms with Gasteiger partial charge in [-0.05, 0) is 41.9 Å². The summed E-state index contributed by atoms with van der Waals surface area (Å²) in [4.78, 5) is 6.79. The van der Waals surface area contributed by atoms with E-state index in [0.29, 0.717) is 0 Å². The molecule has 1 atom stereocenters. The van der Waals surface area contributed by atoms with Crippen LogP contribution in [-0.2, 0) is 0 Å². The fourth-order valence-corrected chi connectivity index (χ4v) is 0.970. The van der Waals surface area contributed by atoms with Gasteiger partial charge in [-0.25, -0.2) is 9.97 Å². The second kappa shape index (κ2) is 4.26. The van der Waals surface area contributed by atoms with E-state index in [4.69, 9.17) is 19.2 Å². The summed E-state index contributed by atoms with van der Waals surface area (Å²) in [6.07, 6.45) is -12.9. The van der Waals surface area contributed by atoms with Gasteiger partial charge in [-0.2, -0.15) is 0 Å². The average Bonchev–Trinajstić information content (AvgIpc) is 2.49. The van der Waals surface area contributed by atoms with Crippen LogP contribution >= 0.6 is 15.9 Å². The first-order chi connectivity index (χ1) is 12.2. The topological polar surface area (TPSA) is 29.0 Å². The molecule has 3 nitrogen and oxygen atoms in total. The summed E-state index contributed by atoms with van der Waals surface area (Å²) >= 11 is 2.80. The lowest BCUT2D eigenvalue weighted by atomic mass is 10.0. The molecule has 0 aromatic carbocycles. The molecule has 1 aliphatic heterocycles. The number of anilines is 1. The average molecular weight is 270 g/mol. The summed E-state index contributed by atoms with van der Waals surface area (Å²) in [6, 6.07) is -3.76. The molecular formula is C10H14BrN3. The molecule has 76 valence electrons. The van der Waals surface area contributed by atoms with Crippen molar-refractivity contribution in [2.75, 3.05) is 11.4 Å². The SMILES string of the molecule is [2H]c1nc(N2C([2H])([2H])C([2H])([2H])C([2H])([2H])C([2H])([2H])C2([2H])C([2H])([2H])[2H])c([2H])nc1Br. The van der Waals surface area contributed by atoms with Crippen LogP contribution in [0, 0.1) is 0 Å². The highest BCUT2D eigenvalue weighted by molar-refractivity contribution is 9.10. The van der Waals surface area contributed by atoms with Crippen molar-refractivity contribution >= 4 is 21.7 Å². The van der Waals surface area contributed by atoms with Crippen LogP contribution in [0.3, 0.4) is 0 Å². The molecule has 0 aliphatic carbocycles. The molecule has 1 aromatic rings. The van der Waals surface area contributed by atoms with E-state index in [0.717, 1.165) is 0 Å². The largest absolute Gasteiger partial charge is 0.353 e. The van der Waals surface area contributed by atoms with Crippen molar-refractivity contribution in [2.24, 2.45) is 0 Å². The van der Waals surface area contributed by atoms with Gasteiger partial charge in [0.2, 0.25) is 0 Å². The molecule has 0 spiro atoms. The highest BCUT2D eigenvalue weighted by atomic mass is 79.9. The Balaban J connectivity index is 3.04. The number of aromatic nitrogens is 2. The molecule has 0 N–H and O–H groups in total. The van der Waals surface area contributed by atoms with Crippen LogP contribution in [0.15, 0.2) is 16.9 Å². The first-order valence-corrected chi connectivity index (χ1v) is 4.30. The number of hydrogen-bond donors (Lipinski definition) is 0. The van der Waals surface area contributed by atoms with Gasteiger partial charge < -0.3 is 4.90 Å². The molecule has 0 amide bonds. The zero-order valence-electron chi connectivity index (χ0n) is 20.7. The van der Waals surface area contributed by atoms with Gasteiger partial charge in [0.05, 0.1) is 16.5 Å². The third-order valence-electron chi connectivity index (χ3n) is 1.35. The van der Waals surface area contributed by atoms with Gasteiger partial charge in [-0.1, -0.05) is 0 Å². The summed E-state index contributed by atoms with van der Waals surface area (Å²) in [6.45, 7) is -7.39. The first-order valence-electron chi connectivity index (χ1n) is 10.5. The summed E-state index contributed by atoms with van der Waals surface area (Å²) in [5.41, 5.74) is 0. The molecule has 0 radical (unpaired) electrons. The molecular weight excluding hydrogens is 242 g/mol. The Hall–Kier alpha value is -0.640. The fraction of sp³-hybridized carbons (Fsp3) is 0.600. The monoisotopic (exact) mass is 269 g/mol. The second-order valence-electron chi connectivity index (χ2n) is 2.23. The lowest BCUT2D eigenvalue weighted by molar-refractivity contribution is 0.480. The van der Waals surface area contributed by atoms with Gasteiger partial charge in [0.1, 0.15) is 10.4 Å². The minimum atomic E-state index is -3.82. The highest BCUT2D eigenvalue weighted by Crippen LogP contribution is 2.22. The van der Waals surface area contributed by atoms with E-state index < -0.39 is 56.6 Å². The first kappa shape index (κ1) is 2.54. The second-order valence-corrected chi connectivity index (χ2v) is 2.98. The highest BCUT2D eigenvalue weighted by Gasteiger charge is 2.19. The van der Waals surface area contributed by atoms with Gasteiger partial charge in [0.25, 0.3) is 0 Å². The maximum atomic E-state index is 8.40. The van der Waals surface area contributed by atoms with Crippen LogP contribution in [0.2, 0.25) is 0 Å². The zero-order chi connectivity index (χ0) is 22.3. The van der Waals surface area contributed by atoms with Crippen LogP contribution in [0.5, 0.6) is 0 Å². The third kappa shape index (κ3) is 2.05. The third-order valence-corrected chi connectivity index (χ3v) is 1.71. The normalized spacial score (nSPS) is 57.6. The Kier molecular flexibility index (Phi) is 0.771. The Morgan fingerprint density at radius 2 is 2.64 bits per heavy atom. The lowest BCUT2D eigenvalue weighted by Crippen LogP contribution is -2.38. The van der Waals surface area contributed by atoms with Crippen molar-refractivity contribution in [2.45, 2.75) is 32.0 Å². The summed E-state index contributed by atoms with van der Waals surface area (Å²) in [5, 5.41) is 0. The summed E-state index contributed by atoms with van der Waals surface area (Å²) < 4.78 is 110. The van der Waals surface area contributed by atoms with Gasteiger partial charge in [-0.3, -0.25) is 0 Å². The number of hydrogen-bond acceptors (Lipinski definition) is 3.